The molecule has 0 bridgehead atoms. The van der Waals surface area contributed by atoms with E-state index in [0.29, 0.717) is 34.6 Å². The molecule has 0 radical (unpaired) electrons. The first kappa shape index (κ1) is 23.1. The van der Waals surface area contributed by atoms with Crippen LogP contribution < -0.4 is 4.74 Å². The Bertz CT molecular complexity index is 1320. The molecule has 0 fully saturated rings. The van der Waals surface area contributed by atoms with E-state index in [-0.39, 0.29) is 31.3 Å². The van der Waals surface area contributed by atoms with E-state index in [0.717, 1.165) is 9.82 Å². The number of hydrogen-bond donors (Lipinski definition) is 0. The van der Waals surface area contributed by atoms with Gasteiger partial charge in [-0.1, -0.05) is 0 Å². The third kappa shape index (κ3) is 4.70. The van der Waals surface area contributed by atoms with Gasteiger partial charge in [-0.25, -0.2) is 22.1 Å². The summed E-state index contributed by atoms with van der Waals surface area (Å²) in [5.41, 5.74) is 2.29. The largest absolute Gasteiger partial charge is 0.467 e. The number of halogens is 1. The number of nitrogens with zero attached hydrogens (tertiary/aromatic N) is 3. The van der Waals surface area contributed by atoms with Crippen LogP contribution in [0.15, 0.2) is 35.2 Å². The lowest BCUT2D eigenvalue weighted by Gasteiger charge is -2.20. The van der Waals surface area contributed by atoms with Gasteiger partial charge in [0, 0.05) is 38.7 Å². The van der Waals surface area contributed by atoms with Crippen LogP contribution in [0.5, 0.6) is 5.75 Å². The Balaban J connectivity index is 1.43. The molecule has 1 aliphatic heterocycles. The standard InChI is InChI=1S/C22H24FN3O6S/c1-25(2)33(28,29)17-4-5-19-18(10-17)24-20(26(19)3)6-7-21(27)31-12-15-9-16(23)8-14-11-30-13-32-22(14)15/h4-5,8-10H,6-7,11-13H2,1-3H3. The number of aryl methyl sites for hydroxylation is 2. The molecule has 9 nitrogen and oxygen atoms in total. The second-order valence-electron chi connectivity index (χ2n) is 7.85. The molecule has 0 saturated heterocycles. The van der Waals surface area contributed by atoms with Gasteiger partial charge >= 0.3 is 5.97 Å². The van der Waals surface area contributed by atoms with E-state index in [1.54, 1.807) is 13.1 Å². The molecular weight excluding hydrogens is 453 g/mol. The summed E-state index contributed by atoms with van der Waals surface area (Å²) in [6, 6.07) is 7.36. The predicted molar refractivity (Wildman–Crippen MR) is 116 cm³/mol. The highest BCUT2D eigenvalue weighted by Crippen LogP contribution is 2.30. The van der Waals surface area contributed by atoms with E-state index >= 15 is 0 Å². The molecule has 0 atom stereocenters. The number of aromatic nitrogens is 2. The van der Waals surface area contributed by atoms with Crippen LogP contribution >= 0.6 is 0 Å². The molecule has 0 aliphatic carbocycles. The number of rotatable bonds is 7. The third-order valence-corrected chi connectivity index (χ3v) is 7.23. The Hall–Kier alpha value is -3.02. The highest BCUT2D eigenvalue weighted by Gasteiger charge is 2.20. The normalized spacial score (nSPS) is 13.7. The average Bonchev–Trinajstić information content (AvgIpc) is 3.10. The van der Waals surface area contributed by atoms with Crippen molar-refractivity contribution in [1.29, 1.82) is 0 Å². The molecule has 4 rings (SSSR count). The van der Waals surface area contributed by atoms with Crippen molar-refractivity contribution < 1.29 is 31.8 Å². The van der Waals surface area contributed by atoms with Gasteiger partial charge in [0.15, 0.2) is 6.79 Å². The number of sulfonamides is 1. The number of benzene rings is 2. The summed E-state index contributed by atoms with van der Waals surface area (Å²) in [6.45, 7) is 0.176. The number of carbonyl (C=O) groups excluding carboxylic acids is 1. The fourth-order valence-electron chi connectivity index (χ4n) is 3.63. The van der Waals surface area contributed by atoms with Crippen molar-refractivity contribution in [2.45, 2.75) is 31.0 Å². The average molecular weight is 478 g/mol. The number of carbonyl (C=O) groups is 1. The van der Waals surface area contributed by atoms with Crippen molar-refractivity contribution in [3.8, 4) is 5.75 Å². The van der Waals surface area contributed by atoms with Crippen LogP contribution in [0.2, 0.25) is 0 Å². The van der Waals surface area contributed by atoms with Crippen molar-refractivity contribution in [1.82, 2.24) is 13.9 Å². The van der Waals surface area contributed by atoms with Gasteiger partial charge in [-0.05, 0) is 30.3 Å². The van der Waals surface area contributed by atoms with Gasteiger partial charge in [-0.3, -0.25) is 4.79 Å². The molecule has 0 unspecified atom stereocenters. The second-order valence-corrected chi connectivity index (χ2v) is 10.0. The van der Waals surface area contributed by atoms with Gasteiger partial charge in [-0.15, -0.1) is 0 Å². The van der Waals surface area contributed by atoms with Gasteiger partial charge in [-0.2, -0.15) is 0 Å². The van der Waals surface area contributed by atoms with Crippen LogP contribution in [0, 0.1) is 5.82 Å². The Morgan fingerprint density at radius 1 is 1.27 bits per heavy atom. The van der Waals surface area contributed by atoms with E-state index < -0.39 is 21.8 Å². The van der Waals surface area contributed by atoms with Crippen molar-refractivity contribution in [2.24, 2.45) is 7.05 Å². The zero-order chi connectivity index (χ0) is 23.8. The summed E-state index contributed by atoms with van der Waals surface area (Å²) in [7, 11) is 1.16. The molecule has 2 aromatic carbocycles. The van der Waals surface area contributed by atoms with Crippen LogP contribution in [-0.2, 0) is 51.0 Å². The maximum Gasteiger partial charge on any atom is 0.306 e. The van der Waals surface area contributed by atoms with E-state index in [9.17, 15) is 17.6 Å². The Morgan fingerprint density at radius 3 is 2.82 bits per heavy atom. The van der Waals surface area contributed by atoms with Gasteiger partial charge in [0.05, 0.1) is 29.0 Å². The molecule has 1 aromatic heterocycles. The molecule has 0 N–H and O–H groups in total. The summed E-state index contributed by atoms with van der Waals surface area (Å²) < 4.78 is 57.4. The Labute approximate surface area is 190 Å². The van der Waals surface area contributed by atoms with Crippen molar-refractivity contribution in [2.75, 3.05) is 20.9 Å². The predicted octanol–water partition coefficient (Wildman–Crippen LogP) is 2.51. The lowest BCUT2D eigenvalue weighted by Crippen LogP contribution is -2.22. The zero-order valence-corrected chi connectivity index (χ0v) is 19.3. The SMILES string of the molecule is CN(C)S(=O)(=O)c1ccc2c(c1)nc(CCC(=O)OCc1cc(F)cc3c1OCOC3)n2C. The quantitative estimate of drug-likeness (QED) is 0.482. The van der Waals surface area contributed by atoms with E-state index in [1.807, 2.05) is 4.57 Å². The maximum atomic E-state index is 13.8. The molecular formula is C22H24FN3O6S. The molecule has 0 amide bonds. The van der Waals surface area contributed by atoms with Crippen LogP contribution in [-0.4, -0.2) is 49.1 Å². The molecule has 0 spiro atoms. The fraction of sp³-hybridized carbons (Fsp3) is 0.364. The van der Waals surface area contributed by atoms with Crippen LogP contribution in [0.4, 0.5) is 4.39 Å². The monoisotopic (exact) mass is 477 g/mol. The molecule has 3 aromatic rings. The van der Waals surface area contributed by atoms with Crippen molar-refractivity contribution in [3.05, 3.63) is 53.1 Å². The minimum atomic E-state index is -3.58. The number of imidazole rings is 1. The second kappa shape index (κ2) is 9.08. The zero-order valence-electron chi connectivity index (χ0n) is 18.5. The van der Waals surface area contributed by atoms with Gasteiger partial charge in [0.1, 0.15) is 24.0 Å². The topological polar surface area (TPSA) is 100.0 Å². The first-order valence-corrected chi connectivity index (χ1v) is 11.7. The number of esters is 1. The molecule has 2 heterocycles. The fourth-order valence-corrected chi connectivity index (χ4v) is 4.55. The number of fused-ring (bicyclic) bond motifs is 2. The van der Waals surface area contributed by atoms with Gasteiger partial charge in [0.25, 0.3) is 0 Å². The van der Waals surface area contributed by atoms with E-state index in [1.165, 1.54) is 38.4 Å². The first-order chi connectivity index (χ1) is 15.7. The Morgan fingerprint density at radius 2 is 2.06 bits per heavy atom. The summed E-state index contributed by atoms with van der Waals surface area (Å²) in [5, 5.41) is 0. The third-order valence-electron chi connectivity index (χ3n) is 5.42. The van der Waals surface area contributed by atoms with Gasteiger partial charge < -0.3 is 18.8 Å². The molecule has 176 valence electrons. The lowest BCUT2D eigenvalue weighted by molar-refractivity contribution is -0.145. The minimum Gasteiger partial charge on any atom is -0.467 e. The van der Waals surface area contributed by atoms with E-state index in [4.69, 9.17) is 14.2 Å². The molecule has 11 heteroatoms. The van der Waals surface area contributed by atoms with Crippen LogP contribution in [0.25, 0.3) is 11.0 Å². The van der Waals surface area contributed by atoms with Gasteiger partial charge in [0.2, 0.25) is 10.0 Å². The molecule has 0 saturated carbocycles. The Kier molecular flexibility index (Phi) is 6.37. The van der Waals surface area contributed by atoms with Crippen molar-refractivity contribution in [3.63, 3.8) is 0 Å². The minimum absolute atomic E-state index is 0.0570. The van der Waals surface area contributed by atoms with Crippen LogP contribution in [0.1, 0.15) is 23.4 Å². The lowest BCUT2D eigenvalue weighted by atomic mass is 10.1. The smallest absolute Gasteiger partial charge is 0.306 e. The summed E-state index contributed by atoms with van der Waals surface area (Å²) in [4.78, 5) is 17.0. The number of ether oxygens (including phenoxy) is 3. The highest BCUT2D eigenvalue weighted by molar-refractivity contribution is 7.89. The maximum absolute atomic E-state index is 13.8. The first-order valence-electron chi connectivity index (χ1n) is 10.2. The van der Waals surface area contributed by atoms with E-state index in [2.05, 4.69) is 4.98 Å². The summed E-state index contributed by atoms with van der Waals surface area (Å²) in [6.07, 6.45) is 0.354. The summed E-state index contributed by atoms with van der Waals surface area (Å²) >= 11 is 0. The summed E-state index contributed by atoms with van der Waals surface area (Å²) in [5.74, 6) is 0.173. The molecule has 33 heavy (non-hydrogen) atoms. The highest BCUT2D eigenvalue weighted by atomic mass is 32.2. The number of hydrogen-bond acceptors (Lipinski definition) is 7. The van der Waals surface area contributed by atoms with Crippen molar-refractivity contribution >= 4 is 27.0 Å². The van der Waals surface area contributed by atoms with Crippen LogP contribution in [0.3, 0.4) is 0 Å². The molecule has 1 aliphatic rings.